The zero-order chi connectivity index (χ0) is 18.4. The Morgan fingerprint density at radius 3 is 2.52 bits per heavy atom. The lowest BCUT2D eigenvalue weighted by molar-refractivity contribution is 0.0939. The Kier molecular flexibility index (Phi) is 6.17. The molecule has 0 spiro atoms. The van der Waals surface area contributed by atoms with Gasteiger partial charge in [-0.3, -0.25) is 4.79 Å². The second-order valence-electron chi connectivity index (χ2n) is 5.52. The topological polar surface area (TPSA) is 47.6 Å². The van der Waals surface area contributed by atoms with E-state index < -0.39 is 6.04 Å². The van der Waals surface area contributed by atoms with Gasteiger partial charge in [0, 0.05) is 16.7 Å². The van der Waals surface area contributed by atoms with Gasteiger partial charge >= 0.3 is 0 Å². The monoisotopic (exact) mass is 343 g/mol. The van der Waals surface area contributed by atoms with E-state index in [4.69, 9.17) is 9.47 Å². The summed E-state index contributed by atoms with van der Waals surface area (Å²) in [6.07, 6.45) is 3.68. The number of halogens is 1. The van der Waals surface area contributed by atoms with Crippen LogP contribution >= 0.6 is 0 Å². The molecular formula is C20H22FNO3. The third kappa shape index (κ3) is 4.18. The Balaban J connectivity index is 2.33. The smallest absolute Gasteiger partial charge is 0.251 e. The van der Waals surface area contributed by atoms with Gasteiger partial charge in [-0.15, -0.1) is 0 Å². The number of carbonyl (C=O) groups excluding carboxylic acids is 1. The predicted molar refractivity (Wildman–Crippen MR) is 96.5 cm³/mol. The number of allylic oxidation sites excluding steroid dienone is 1. The number of benzene rings is 2. The second-order valence-corrected chi connectivity index (χ2v) is 5.52. The first-order valence-corrected chi connectivity index (χ1v) is 7.95. The summed E-state index contributed by atoms with van der Waals surface area (Å²) in [4.78, 5) is 12.6. The van der Waals surface area contributed by atoms with Crippen LogP contribution in [0.1, 0.15) is 41.4 Å². The zero-order valence-corrected chi connectivity index (χ0v) is 14.8. The van der Waals surface area contributed by atoms with E-state index in [0.29, 0.717) is 22.6 Å². The summed E-state index contributed by atoms with van der Waals surface area (Å²) in [6, 6.07) is 9.23. The molecule has 1 unspecified atom stereocenters. The molecule has 0 bridgehead atoms. The van der Waals surface area contributed by atoms with Crippen molar-refractivity contribution in [1.29, 1.82) is 0 Å². The van der Waals surface area contributed by atoms with Crippen molar-refractivity contribution in [1.82, 2.24) is 5.32 Å². The Morgan fingerprint density at radius 2 is 1.92 bits per heavy atom. The fourth-order valence-corrected chi connectivity index (χ4v) is 2.61. The highest BCUT2D eigenvalue weighted by molar-refractivity contribution is 5.96. The molecule has 0 radical (unpaired) electrons. The Hall–Kier alpha value is -2.82. The van der Waals surface area contributed by atoms with E-state index >= 15 is 0 Å². The highest BCUT2D eigenvalue weighted by atomic mass is 19.1. The number of amides is 1. The number of rotatable bonds is 6. The van der Waals surface area contributed by atoms with E-state index in [2.05, 4.69) is 5.32 Å². The molecule has 0 aromatic heterocycles. The predicted octanol–water partition coefficient (Wildman–Crippen LogP) is 4.37. The van der Waals surface area contributed by atoms with Crippen LogP contribution in [0.2, 0.25) is 0 Å². The SMILES string of the molecule is C/C=C/c1cc(C(=O)NC(C)c2ccccc2F)cc(OC)c1OC. The first-order chi connectivity index (χ1) is 12.0. The molecule has 0 aliphatic carbocycles. The number of carbonyl (C=O) groups is 1. The van der Waals surface area contributed by atoms with Crippen molar-refractivity contribution in [3.8, 4) is 11.5 Å². The highest BCUT2D eigenvalue weighted by Gasteiger charge is 2.18. The zero-order valence-electron chi connectivity index (χ0n) is 14.8. The Morgan fingerprint density at radius 1 is 1.20 bits per heavy atom. The minimum absolute atomic E-state index is 0.317. The Labute approximate surface area is 147 Å². The summed E-state index contributed by atoms with van der Waals surface area (Å²) >= 11 is 0. The molecule has 0 saturated heterocycles. The number of methoxy groups -OCH3 is 2. The lowest BCUT2D eigenvalue weighted by Crippen LogP contribution is -2.27. The van der Waals surface area contributed by atoms with E-state index in [-0.39, 0.29) is 11.7 Å². The Bertz CT molecular complexity index is 787. The maximum atomic E-state index is 13.9. The van der Waals surface area contributed by atoms with E-state index in [1.54, 1.807) is 44.4 Å². The van der Waals surface area contributed by atoms with Crippen LogP contribution in [-0.2, 0) is 0 Å². The minimum Gasteiger partial charge on any atom is -0.493 e. The third-order valence-electron chi connectivity index (χ3n) is 3.84. The molecule has 0 aliphatic heterocycles. The minimum atomic E-state index is -0.466. The molecule has 2 aromatic rings. The normalized spacial score (nSPS) is 12.0. The molecule has 1 amide bonds. The first-order valence-electron chi connectivity index (χ1n) is 7.95. The number of hydrogen-bond acceptors (Lipinski definition) is 3. The molecule has 0 fully saturated rings. The summed E-state index contributed by atoms with van der Waals surface area (Å²) in [5, 5.41) is 2.81. The maximum absolute atomic E-state index is 13.9. The summed E-state index contributed by atoms with van der Waals surface area (Å²) < 4.78 is 24.6. The van der Waals surface area contributed by atoms with Gasteiger partial charge in [0.2, 0.25) is 0 Å². The summed E-state index contributed by atoms with van der Waals surface area (Å²) in [7, 11) is 3.06. The first kappa shape index (κ1) is 18.5. The molecule has 132 valence electrons. The van der Waals surface area contributed by atoms with Gasteiger partial charge in [0.25, 0.3) is 5.91 Å². The van der Waals surface area contributed by atoms with Gasteiger partial charge in [0.1, 0.15) is 5.82 Å². The van der Waals surface area contributed by atoms with Gasteiger partial charge in [-0.1, -0.05) is 30.4 Å². The van der Waals surface area contributed by atoms with E-state index in [1.807, 2.05) is 19.1 Å². The molecule has 1 atom stereocenters. The van der Waals surface area contributed by atoms with Crippen LogP contribution in [0.15, 0.2) is 42.5 Å². The fourth-order valence-electron chi connectivity index (χ4n) is 2.61. The largest absolute Gasteiger partial charge is 0.493 e. The van der Waals surface area contributed by atoms with Crippen molar-refractivity contribution >= 4 is 12.0 Å². The lowest BCUT2D eigenvalue weighted by atomic mass is 10.0. The van der Waals surface area contributed by atoms with E-state index in [0.717, 1.165) is 5.56 Å². The standard InChI is InChI=1S/C20H22FNO3/c1-5-8-14-11-15(12-18(24-3)19(14)25-4)20(23)22-13(2)16-9-6-7-10-17(16)21/h5-13H,1-4H3,(H,22,23)/b8-5+. The molecular weight excluding hydrogens is 321 g/mol. The molecule has 4 nitrogen and oxygen atoms in total. The van der Waals surface area contributed by atoms with Crippen LogP contribution in [0.3, 0.4) is 0 Å². The van der Waals surface area contributed by atoms with E-state index in [9.17, 15) is 9.18 Å². The average molecular weight is 343 g/mol. The summed E-state index contributed by atoms with van der Waals surface area (Å²) in [6.45, 7) is 3.61. The number of ether oxygens (including phenoxy) is 2. The van der Waals surface area contributed by atoms with E-state index in [1.165, 1.54) is 13.2 Å². The maximum Gasteiger partial charge on any atom is 0.251 e. The quantitative estimate of drug-likeness (QED) is 0.847. The van der Waals surface area contributed by atoms with Gasteiger partial charge < -0.3 is 14.8 Å². The van der Waals surface area contributed by atoms with Crippen molar-refractivity contribution < 1.29 is 18.7 Å². The van der Waals surface area contributed by atoms with Crippen LogP contribution in [-0.4, -0.2) is 20.1 Å². The molecule has 5 heteroatoms. The average Bonchev–Trinajstić information content (AvgIpc) is 2.61. The molecule has 0 aliphatic rings. The summed E-state index contributed by atoms with van der Waals surface area (Å²) in [5.41, 5.74) is 1.58. The second kappa shape index (κ2) is 8.33. The number of nitrogens with one attached hydrogen (secondary N) is 1. The number of hydrogen-bond donors (Lipinski definition) is 1. The highest BCUT2D eigenvalue weighted by Crippen LogP contribution is 2.33. The molecule has 25 heavy (non-hydrogen) atoms. The lowest BCUT2D eigenvalue weighted by Gasteiger charge is -2.17. The van der Waals surface area contributed by atoms with Crippen molar-refractivity contribution in [3.63, 3.8) is 0 Å². The van der Waals surface area contributed by atoms with Crippen LogP contribution in [0.5, 0.6) is 11.5 Å². The molecule has 2 aromatic carbocycles. The molecule has 2 rings (SSSR count). The van der Waals surface area contributed by atoms with Crippen LogP contribution < -0.4 is 14.8 Å². The van der Waals surface area contributed by atoms with Gasteiger partial charge in [0.15, 0.2) is 11.5 Å². The van der Waals surface area contributed by atoms with Gasteiger partial charge in [-0.25, -0.2) is 4.39 Å². The van der Waals surface area contributed by atoms with Crippen molar-refractivity contribution in [2.75, 3.05) is 14.2 Å². The summed E-state index contributed by atoms with van der Waals surface area (Å²) in [5.74, 6) is 0.348. The molecule has 0 heterocycles. The van der Waals surface area contributed by atoms with Gasteiger partial charge in [-0.05, 0) is 32.0 Å². The van der Waals surface area contributed by atoms with Crippen LogP contribution in [0.4, 0.5) is 4.39 Å². The molecule has 0 saturated carbocycles. The third-order valence-corrected chi connectivity index (χ3v) is 3.84. The van der Waals surface area contributed by atoms with Crippen molar-refractivity contribution in [2.24, 2.45) is 0 Å². The van der Waals surface area contributed by atoms with Gasteiger partial charge in [0.05, 0.1) is 20.3 Å². The van der Waals surface area contributed by atoms with Crippen molar-refractivity contribution in [2.45, 2.75) is 19.9 Å². The molecule has 1 N–H and O–H groups in total. The van der Waals surface area contributed by atoms with Gasteiger partial charge in [-0.2, -0.15) is 0 Å². The van der Waals surface area contributed by atoms with Crippen LogP contribution in [0, 0.1) is 5.82 Å². The van der Waals surface area contributed by atoms with Crippen molar-refractivity contribution in [3.05, 3.63) is 65.0 Å². The van der Waals surface area contributed by atoms with Crippen LogP contribution in [0.25, 0.3) is 6.08 Å². The fraction of sp³-hybridized carbons (Fsp3) is 0.250.